The smallest absolute Gasteiger partial charge is 0.133 e. The Hall–Kier alpha value is -1.10. The zero-order valence-corrected chi connectivity index (χ0v) is 14.4. The van der Waals surface area contributed by atoms with Crippen molar-refractivity contribution < 1.29 is 4.74 Å². The Labute approximate surface area is 138 Å². The molecule has 2 aromatic rings. The number of nitrogens with zero attached hydrogens (tertiary/aromatic N) is 1. The molecule has 3 nitrogen and oxygen atoms in total. The van der Waals surface area contributed by atoms with E-state index in [4.69, 9.17) is 16.3 Å². The molecule has 0 spiro atoms. The molecule has 0 aliphatic carbocycles. The lowest BCUT2D eigenvalue weighted by atomic mass is 10.0. The maximum atomic E-state index is 6.27. The molecule has 1 unspecified atom stereocenters. The van der Waals surface area contributed by atoms with Gasteiger partial charge >= 0.3 is 0 Å². The second-order valence-electron chi connectivity index (χ2n) is 4.65. The van der Waals surface area contributed by atoms with Crippen molar-refractivity contribution >= 4 is 27.5 Å². The highest BCUT2D eigenvalue weighted by atomic mass is 79.9. The van der Waals surface area contributed by atoms with Crippen LogP contribution >= 0.6 is 27.5 Å². The van der Waals surface area contributed by atoms with Gasteiger partial charge in [0.25, 0.3) is 0 Å². The van der Waals surface area contributed by atoms with E-state index in [2.05, 4.69) is 45.3 Å². The highest BCUT2D eigenvalue weighted by Crippen LogP contribution is 2.29. The van der Waals surface area contributed by atoms with Crippen molar-refractivity contribution in [3.05, 3.63) is 57.3 Å². The first-order chi connectivity index (χ1) is 10.2. The maximum Gasteiger partial charge on any atom is 0.133 e. The number of likely N-dealkylation sites (N-methyl/N-ethyl adjacent to an activating group) is 1. The summed E-state index contributed by atoms with van der Waals surface area (Å²) in [6.45, 7) is 2.93. The Morgan fingerprint density at radius 2 is 2.19 bits per heavy atom. The summed E-state index contributed by atoms with van der Waals surface area (Å²) in [7, 11) is 1.66. The number of hydrogen-bond acceptors (Lipinski definition) is 3. The molecule has 0 amide bonds. The van der Waals surface area contributed by atoms with Gasteiger partial charge in [-0.15, -0.1) is 0 Å². The summed E-state index contributed by atoms with van der Waals surface area (Å²) < 4.78 is 6.21. The van der Waals surface area contributed by atoms with Gasteiger partial charge < -0.3 is 10.1 Å². The number of ether oxygens (including phenoxy) is 1. The van der Waals surface area contributed by atoms with Gasteiger partial charge in [-0.25, -0.2) is 0 Å². The Kier molecular flexibility index (Phi) is 6.03. The number of hydrogen-bond donors (Lipinski definition) is 1. The molecule has 5 heteroatoms. The van der Waals surface area contributed by atoms with Crippen LogP contribution in [0.25, 0.3) is 0 Å². The first kappa shape index (κ1) is 16.3. The molecule has 21 heavy (non-hydrogen) atoms. The van der Waals surface area contributed by atoms with Crippen LogP contribution in [-0.2, 0) is 6.42 Å². The summed E-state index contributed by atoms with van der Waals surface area (Å²) in [5.74, 6) is 0.828. The fourth-order valence-electron chi connectivity index (χ4n) is 2.24. The number of rotatable bonds is 6. The summed E-state index contributed by atoms with van der Waals surface area (Å²) in [6, 6.07) is 9.90. The minimum atomic E-state index is 0.0870. The van der Waals surface area contributed by atoms with Crippen LogP contribution in [0.5, 0.6) is 5.75 Å². The molecule has 1 N–H and O–H groups in total. The van der Waals surface area contributed by atoms with E-state index in [1.165, 1.54) is 5.56 Å². The van der Waals surface area contributed by atoms with Gasteiger partial charge in [0, 0.05) is 6.20 Å². The summed E-state index contributed by atoms with van der Waals surface area (Å²) in [5.41, 5.74) is 2.07. The molecule has 1 atom stereocenters. The van der Waals surface area contributed by atoms with E-state index >= 15 is 0 Å². The van der Waals surface area contributed by atoms with E-state index < -0.39 is 0 Å². The zero-order chi connectivity index (χ0) is 15.2. The first-order valence-corrected chi connectivity index (χ1v) is 7.99. The predicted molar refractivity (Wildman–Crippen MR) is 90.1 cm³/mol. The van der Waals surface area contributed by atoms with Gasteiger partial charge in [-0.05, 0) is 58.7 Å². The molecule has 0 saturated carbocycles. The summed E-state index contributed by atoms with van der Waals surface area (Å²) >= 11 is 9.79. The second kappa shape index (κ2) is 7.78. The molecule has 2 rings (SSSR count). The van der Waals surface area contributed by atoms with Crippen molar-refractivity contribution in [1.82, 2.24) is 10.3 Å². The summed E-state index contributed by atoms with van der Waals surface area (Å²) in [6.07, 6.45) is 2.59. The minimum absolute atomic E-state index is 0.0870. The molecule has 0 aliphatic rings. The Morgan fingerprint density at radius 3 is 2.81 bits per heavy atom. The van der Waals surface area contributed by atoms with E-state index in [0.29, 0.717) is 5.02 Å². The van der Waals surface area contributed by atoms with E-state index in [-0.39, 0.29) is 6.04 Å². The maximum absolute atomic E-state index is 6.27. The van der Waals surface area contributed by atoms with Crippen LogP contribution in [0, 0.1) is 0 Å². The van der Waals surface area contributed by atoms with E-state index in [9.17, 15) is 0 Å². The molecule has 0 saturated heterocycles. The molecule has 1 heterocycles. The molecule has 0 aliphatic heterocycles. The van der Waals surface area contributed by atoms with Crippen LogP contribution in [0.3, 0.4) is 0 Å². The number of aromatic nitrogens is 1. The van der Waals surface area contributed by atoms with Crippen molar-refractivity contribution in [3.8, 4) is 5.75 Å². The average molecular weight is 370 g/mol. The van der Waals surface area contributed by atoms with Gasteiger partial charge in [-0.3, -0.25) is 4.98 Å². The third-order valence-corrected chi connectivity index (χ3v) is 4.16. The number of benzene rings is 1. The Bertz CT molecular complexity index is 607. The van der Waals surface area contributed by atoms with Crippen molar-refractivity contribution in [2.75, 3.05) is 13.7 Å². The molecule has 1 aromatic carbocycles. The van der Waals surface area contributed by atoms with E-state index in [0.717, 1.165) is 28.9 Å². The quantitative estimate of drug-likeness (QED) is 0.819. The highest BCUT2D eigenvalue weighted by Gasteiger charge is 2.16. The van der Waals surface area contributed by atoms with E-state index in [1.807, 2.05) is 18.2 Å². The summed E-state index contributed by atoms with van der Waals surface area (Å²) in [5, 5.41) is 4.13. The van der Waals surface area contributed by atoms with Crippen molar-refractivity contribution in [2.45, 2.75) is 19.4 Å². The van der Waals surface area contributed by atoms with Crippen molar-refractivity contribution in [3.63, 3.8) is 0 Å². The molecule has 1 aromatic heterocycles. The molecule has 112 valence electrons. The van der Waals surface area contributed by atoms with Crippen LogP contribution in [0.2, 0.25) is 5.02 Å². The number of methoxy groups -OCH3 is 1. The topological polar surface area (TPSA) is 34.1 Å². The minimum Gasteiger partial charge on any atom is -0.496 e. The molecule has 0 bridgehead atoms. The van der Waals surface area contributed by atoms with Gasteiger partial charge in [0.15, 0.2) is 0 Å². The lowest BCUT2D eigenvalue weighted by molar-refractivity contribution is 0.412. The van der Waals surface area contributed by atoms with Crippen LogP contribution in [0.4, 0.5) is 0 Å². The number of pyridine rings is 1. The fourth-order valence-corrected chi connectivity index (χ4v) is 3.08. The van der Waals surface area contributed by atoms with Gasteiger partial charge in [-0.2, -0.15) is 0 Å². The predicted octanol–water partition coefficient (Wildman–Crippen LogP) is 4.40. The Balaban J connectivity index is 2.24. The normalized spacial score (nSPS) is 12.2. The molecule has 0 radical (unpaired) electrons. The fraction of sp³-hybridized carbons (Fsp3) is 0.312. The second-order valence-corrected chi connectivity index (χ2v) is 5.92. The van der Waals surface area contributed by atoms with Crippen LogP contribution in [0.1, 0.15) is 24.2 Å². The van der Waals surface area contributed by atoms with Gasteiger partial charge in [0.05, 0.1) is 28.3 Å². The molecule has 0 fully saturated rings. The van der Waals surface area contributed by atoms with Gasteiger partial charge in [-0.1, -0.05) is 24.6 Å². The Morgan fingerprint density at radius 1 is 1.38 bits per heavy atom. The third-order valence-electron chi connectivity index (χ3n) is 3.22. The number of halogens is 2. The standard InChI is InChI=1S/C16H18BrClN2O/c1-3-19-14(16-13(18)5-4-8-20-16)10-11-6-7-15(21-2)12(17)9-11/h4-9,14,19H,3,10H2,1-2H3. The third kappa shape index (κ3) is 4.19. The van der Waals surface area contributed by atoms with Crippen molar-refractivity contribution in [2.24, 2.45) is 0 Å². The highest BCUT2D eigenvalue weighted by molar-refractivity contribution is 9.10. The van der Waals surface area contributed by atoms with Gasteiger partial charge in [0.2, 0.25) is 0 Å². The summed E-state index contributed by atoms with van der Waals surface area (Å²) in [4.78, 5) is 4.42. The van der Waals surface area contributed by atoms with Crippen LogP contribution in [0.15, 0.2) is 41.0 Å². The van der Waals surface area contributed by atoms with E-state index in [1.54, 1.807) is 13.3 Å². The lowest BCUT2D eigenvalue weighted by Gasteiger charge is -2.19. The number of nitrogens with one attached hydrogen (secondary N) is 1. The first-order valence-electron chi connectivity index (χ1n) is 6.82. The average Bonchev–Trinajstić information content (AvgIpc) is 2.47. The zero-order valence-electron chi connectivity index (χ0n) is 12.1. The van der Waals surface area contributed by atoms with Crippen LogP contribution < -0.4 is 10.1 Å². The SMILES string of the molecule is CCNC(Cc1ccc(OC)c(Br)c1)c1ncccc1Cl. The monoisotopic (exact) mass is 368 g/mol. The molecular weight excluding hydrogens is 352 g/mol. The lowest BCUT2D eigenvalue weighted by Crippen LogP contribution is -2.24. The largest absolute Gasteiger partial charge is 0.496 e. The van der Waals surface area contributed by atoms with Crippen molar-refractivity contribution in [1.29, 1.82) is 0 Å². The van der Waals surface area contributed by atoms with Crippen LogP contribution in [-0.4, -0.2) is 18.6 Å². The molecular formula is C16H18BrClN2O. The van der Waals surface area contributed by atoms with Gasteiger partial charge in [0.1, 0.15) is 5.75 Å².